The molecule has 0 spiro atoms. The molecule has 0 aliphatic heterocycles. The van der Waals surface area contributed by atoms with Crippen LogP contribution < -0.4 is 5.43 Å². The van der Waals surface area contributed by atoms with E-state index < -0.39 is 34.5 Å². The zero-order valence-corrected chi connectivity index (χ0v) is 17.7. The number of nitrogens with zero attached hydrogens (tertiary/aromatic N) is 1. The van der Waals surface area contributed by atoms with Crippen molar-refractivity contribution in [2.45, 2.75) is 51.2 Å². The average molecular weight is 445 g/mol. The molecule has 5 rings (SSSR count). The fourth-order valence-electron chi connectivity index (χ4n) is 4.31. The van der Waals surface area contributed by atoms with E-state index >= 15 is 8.78 Å². The van der Waals surface area contributed by atoms with Gasteiger partial charge in [-0.25, -0.2) is 13.6 Å². The number of pyridine rings is 1. The highest BCUT2D eigenvalue weighted by Crippen LogP contribution is 2.44. The number of rotatable bonds is 4. The van der Waals surface area contributed by atoms with Crippen molar-refractivity contribution in [3.8, 4) is 10.4 Å². The highest BCUT2D eigenvalue weighted by atomic mass is 32.1. The first kappa shape index (κ1) is 20.3. The summed E-state index contributed by atoms with van der Waals surface area (Å²) in [6, 6.07) is 2.73. The molecule has 162 valence electrons. The normalized spacial score (nSPS) is 18.3. The Morgan fingerprint density at radius 1 is 1.29 bits per heavy atom. The molecule has 1 unspecified atom stereocenters. The number of carbonyl (C=O) groups excluding carboxylic acids is 1. The molecule has 2 aliphatic carbocycles. The number of hydrogen-bond acceptors (Lipinski definition) is 5. The summed E-state index contributed by atoms with van der Waals surface area (Å²) in [5, 5.41) is 9.83. The summed E-state index contributed by atoms with van der Waals surface area (Å²) in [4.78, 5) is 26.5. The van der Waals surface area contributed by atoms with Gasteiger partial charge in [-0.05, 0) is 56.7 Å². The van der Waals surface area contributed by atoms with Crippen LogP contribution in [-0.4, -0.2) is 22.2 Å². The fourth-order valence-corrected chi connectivity index (χ4v) is 5.55. The summed E-state index contributed by atoms with van der Waals surface area (Å²) in [5.74, 6) is -2.40. The first-order chi connectivity index (χ1) is 14.9. The van der Waals surface area contributed by atoms with Crippen LogP contribution in [-0.2, 0) is 11.2 Å². The number of hydrogen-bond donors (Lipinski definition) is 1. The molecule has 2 heterocycles. The summed E-state index contributed by atoms with van der Waals surface area (Å²) >= 11 is 1.26. The molecule has 0 amide bonds. The van der Waals surface area contributed by atoms with Gasteiger partial charge in [-0.3, -0.25) is 4.79 Å². The second-order valence-electron chi connectivity index (χ2n) is 8.08. The van der Waals surface area contributed by atoms with Crippen molar-refractivity contribution in [3.05, 3.63) is 56.2 Å². The SMILES string of the molecule is CCOC(=O)c1cn(C2CC2)c2c(F)c(-c3cc4c(s3)C(O)CCC4)cc(F)c2c1=O. The van der Waals surface area contributed by atoms with Gasteiger partial charge < -0.3 is 14.4 Å². The lowest BCUT2D eigenvalue weighted by atomic mass is 9.96. The minimum Gasteiger partial charge on any atom is -0.462 e. The number of aliphatic hydroxyl groups excluding tert-OH is 1. The van der Waals surface area contributed by atoms with Crippen LogP contribution in [0.5, 0.6) is 0 Å². The van der Waals surface area contributed by atoms with Gasteiger partial charge in [0.15, 0.2) is 5.82 Å². The van der Waals surface area contributed by atoms with Crippen molar-refractivity contribution < 1.29 is 23.4 Å². The van der Waals surface area contributed by atoms with Crippen LogP contribution in [0.25, 0.3) is 21.3 Å². The number of benzene rings is 1. The predicted molar refractivity (Wildman–Crippen MR) is 114 cm³/mol. The van der Waals surface area contributed by atoms with E-state index in [1.54, 1.807) is 13.0 Å². The topological polar surface area (TPSA) is 68.5 Å². The molecule has 3 aromatic rings. The molecule has 1 N–H and O–H groups in total. The second-order valence-corrected chi connectivity index (χ2v) is 9.17. The maximum Gasteiger partial charge on any atom is 0.343 e. The first-order valence-electron chi connectivity index (χ1n) is 10.5. The first-order valence-corrected chi connectivity index (χ1v) is 11.3. The van der Waals surface area contributed by atoms with Gasteiger partial charge in [0, 0.05) is 27.6 Å². The number of halogens is 2. The van der Waals surface area contributed by atoms with E-state index in [0.29, 0.717) is 11.3 Å². The summed E-state index contributed by atoms with van der Waals surface area (Å²) in [6.07, 6.45) is 4.51. The Kier molecular flexibility index (Phi) is 4.94. The summed E-state index contributed by atoms with van der Waals surface area (Å²) in [6.45, 7) is 1.69. The number of ether oxygens (including phenoxy) is 1. The molecule has 31 heavy (non-hydrogen) atoms. The minimum absolute atomic E-state index is 0.0642. The smallest absolute Gasteiger partial charge is 0.343 e. The molecule has 0 saturated heterocycles. The summed E-state index contributed by atoms with van der Waals surface area (Å²) in [7, 11) is 0. The molecule has 2 aromatic heterocycles. The van der Waals surface area contributed by atoms with Crippen LogP contribution in [0, 0.1) is 11.6 Å². The van der Waals surface area contributed by atoms with Crippen molar-refractivity contribution in [2.24, 2.45) is 0 Å². The van der Waals surface area contributed by atoms with Gasteiger partial charge in [0.05, 0.1) is 23.6 Å². The molecular weight excluding hydrogens is 424 g/mol. The van der Waals surface area contributed by atoms with E-state index in [9.17, 15) is 14.7 Å². The third-order valence-electron chi connectivity index (χ3n) is 5.96. The van der Waals surface area contributed by atoms with Gasteiger partial charge in [-0.2, -0.15) is 0 Å². The largest absolute Gasteiger partial charge is 0.462 e. The van der Waals surface area contributed by atoms with Crippen molar-refractivity contribution in [1.82, 2.24) is 4.57 Å². The summed E-state index contributed by atoms with van der Waals surface area (Å²) < 4.78 is 37.5. The van der Waals surface area contributed by atoms with E-state index in [0.717, 1.165) is 42.2 Å². The number of fused-ring (bicyclic) bond motifs is 2. The molecule has 8 heteroatoms. The number of thiophene rings is 1. The van der Waals surface area contributed by atoms with E-state index in [-0.39, 0.29) is 29.3 Å². The van der Waals surface area contributed by atoms with E-state index in [4.69, 9.17) is 4.74 Å². The highest BCUT2D eigenvalue weighted by molar-refractivity contribution is 7.15. The zero-order chi connectivity index (χ0) is 21.9. The van der Waals surface area contributed by atoms with Crippen LogP contribution in [0.15, 0.2) is 23.1 Å². The maximum absolute atomic E-state index is 15.8. The monoisotopic (exact) mass is 445 g/mol. The van der Waals surface area contributed by atoms with Crippen LogP contribution >= 0.6 is 11.3 Å². The predicted octanol–water partition coefficient (Wildman–Crippen LogP) is 4.89. The standard InChI is InChI=1S/C23H21F2NO4S/c1-2-30-23(29)14-10-26(12-6-7-12)20-18(21(14)28)15(24)9-13(19(20)25)17-8-11-4-3-5-16(27)22(11)31-17/h8-10,12,16,27H,2-7H2,1H3. The van der Waals surface area contributed by atoms with Crippen molar-refractivity contribution in [3.63, 3.8) is 0 Å². The van der Waals surface area contributed by atoms with Gasteiger partial charge in [0.1, 0.15) is 11.4 Å². The van der Waals surface area contributed by atoms with Gasteiger partial charge in [-0.1, -0.05) is 0 Å². The van der Waals surface area contributed by atoms with Crippen LogP contribution in [0.4, 0.5) is 8.78 Å². The molecule has 1 atom stereocenters. The Hall–Kier alpha value is -2.58. The second kappa shape index (κ2) is 7.53. The zero-order valence-electron chi connectivity index (χ0n) is 16.9. The molecular formula is C23H21F2NO4S. The van der Waals surface area contributed by atoms with Gasteiger partial charge in [0.25, 0.3) is 0 Å². The lowest BCUT2D eigenvalue weighted by Gasteiger charge is -2.16. The number of aryl methyl sites for hydroxylation is 1. The minimum atomic E-state index is -0.871. The fraction of sp³-hybridized carbons (Fsp3) is 0.391. The highest BCUT2D eigenvalue weighted by Gasteiger charge is 2.31. The van der Waals surface area contributed by atoms with Crippen molar-refractivity contribution >= 4 is 28.2 Å². The average Bonchev–Trinajstić information content (AvgIpc) is 3.49. The lowest BCUT2D eigenvalue weighted by molar-refractivity contribution is 0.0524. The molecule has 0 radical (unpaired) electrons. The third kappa shape index (κ3) is 3.29. The van der Waals surface area contributed by atoms with E-state index in [1.165, 1.54) is 22.1 Å². The number of aliphatic hydroxyl groups is 1. The van der Waals surface area contributed by atoms with Crippen LogP contribution in [0.2, 0.25) is 0 Å². The van der Waals surface area contributed by atoms with Crippen molar-refractivity contribution in [1.29, 1.82) is 0 Å². The maximum atomic E-state index is 15.8. The molecule has 1 fully saturated rings. The Bertz CT molecular complexity index is 1280. The van der Waals surface area contributed by atoms with Crippen LogP contribution in [0.3, 0.4) is 0 Å². The molecule has 2 aliphatic rings. The van der Waals surface area contributed by atoms with Crippen molar-refractivity contribution in [2.75, 3.05) is 6.61 Å². The van der Waals surface area contributed by atoms with Crippen LogP contribution in [0.1, 0.15) is 65.6 Å². The van der Waals surface area contributed by atoms with E-state index in [2.05, 4.69) is 0 Å². The Labute approximate surface area is 180 Å². The number of aromatic nitrogens is 1. The quantitative estimate of drug-likeness (QED) is 0.581. The Morgan fingerprint density at radius 2 is 2.06 bits per heavy atom. The number of carbonyl (C=O) groups is 1. The Balaban J connectivity index is 1.76. The Morgan fingerprint density at radius 3 is 2.74 bits per heavy atom. The molecule has 1 saturated carbocycles. The van der Waals surface area contributed by atoms with Gasteiger partial charge in [0.2, 0.25) is 5.43 Å². The molecule has 0 bridgehead atoms. The summed E-state index contributed by atoms with van der Waals surface area (Å²) in [5.41, 5.74) is -0.260. The van der Waals surface area contributed by atoms with E-state index in [1.807, 2.05) is 0 Å². The van der Waals surface area contributed by atoms with Gasteiger partial charge in [-0.15, -0.1) is 11.3 Å². The van der Waals surface area contributed by atoms with Gasteiger partial charge >= 0.3 is 5.97 Å². The molecule has 1 aromatic carbocycles. The third-order valence-corrected chi connectivity index (χ3v) is 7.27. The lowest BCUT2D eigenvalue weighted by Crippen LogP contribution is -2.22. The molecule has 5 nitrogen and oxygen atoms in total. The number of esters is 1.